The lowest BCUT2D eigenvalue weighted by molar-refractivity contribution is 0.285. The quantitative estimate of drug-likeness (QED) is 0.888. The molecule has 0 amide bonds. The number of hydrogen-bond donors (Lipinski definition) is 1. The second-order valence-corrected chi connectivity index (χ2v) is 6.03. The molecule has 1 atom stereocenters. The summed E-state index contributed by atoms with van der Waals surface area (Å²) in [4.78, 5) is 4.79. The Kier molecular flexibility index (Phi) is 5.72. The third-order valence-electron chi connectivity index (χ3n) is 4.11. The van der Waals surface area contributed by atoms with Crippen LogP contribution >= 0.6 is 0 Å². The molecule has 1 saturated heterocycles. The van der Waals surface area contributed by atoms with Crippen LogP contribution in [-0.4, -0.2) is 44.7 Å². The number of benzene rings is 1. The van der Waals surface area contributed by atoms with E-state index in [1.165, 1.54) is 56.7 Å². The van der Waals surface area contributed by atoms with Crippen LogP contribution in [0.15, 0.2) is 24.3 Å². The standard InChI is InChI=1S/C17H29N3/c1-4-12-20-13-7-8-15(11-14-20)18-16-9-5-6-10-17(16)19(2)3/h5-6,9-10,15,18H,4,7-8,11-14H2,1-3H3. The van der Waals surface area contributed by atoms with Crippen LogP contribution in [0.1, 0.15) is 32.6 Å². The van der Waals surface area contributed by atoms with E-state index in [1.807, 2.05) is 0 Å². The van der Waals surface area contributed by atoms with Crippen LogP contribution in [-0.2, 0) is 0 Å². The monoisotopic (exact) mass is 275 g/mol. The first-order chi connectivity index (χ1) is 9.70. The van der Waals surface area contributed by atoms with Crippen LogP contribution < -0.4 is 10.2 Å². The van der Waals surface area contributed by atoms with Gasteiger partial charge in [-0.25, -0.2) is 0 Å². The van der Waals surface area contributed by atoms with E-state index in [1.54, 1.807) is 0 Å². The van der Waals surface area contributed by atoms with Crippen LogP contribution in [0.25, 0.3) is 0 Å². The molecule has 1 fully saturated rings. The Bertz CT molecular complexity index is 403. The molecular weight excluding hydrogens is 246 g/mol. The Hall–Kier alpha value is -1.22. The molecule has 0 aliphatic carbocycles. The summed E-state index contributed by atoms with van der Waals surface area (Å²) in [6, 6.07) is 9.22. The first kappa shape index (κ1) is 15.2. The molecule has 3 nitrogen and oxygen atoms in total. The van der Waals surface area contributed by atoms with Crippen LogP contribution in [0.4, 0.5) is 11.4 Å². The molecule has 1 aliphatic rings. The van der Waals surface area contributed by atoms with E-state index in [0.29, 0.717) is 6.04 Å². The maximum absolute atomic E-state index is 3.77. The summed E-state index contributed by atoms with van der Waals surface area (Å²) in [6.45, 7) is 6.02. The summed E-state index contributed by atoms with van der Waals surface area (Å²) in [5.41, 5.74) is 2.55. The van der Waals surface area contributed by atoms with Crippen LogP contribution in [0.2, 0.25) is 0 Å². The highest BCUT2D eigenvalue weighted by Crippen LogP contribution is 2.26. The van der Waals surface area contributed by atoms with Gasteiger partial charge in [-0.2, -0.15) is 0 Å². The summed E-state index contributed by atoms with van der Waals surface area (Å²) in [5, 5.41) is 3.77. The van der Waals surface area contributed by atoms with Crippen molar-refractivity contribution in [3.8, 4) is 0 Å². The molecule has 0 bridgehead atoms. The fourth-order valence-corrected chi connectivity index (χ4v) is 3.05. The lowest BCUT2D eigenvalue weighted by Crippen LogP contribution is -2.27. The minimum atomic E-state index is 0.609. The van der Waals surface area contributed by atoms with E-state index in [9.17, 15) is 0 Å². The second-order valence-electron chi connectivity index (χ2n) is 6.03. The highest BCUT2D eigenvalue weighted by molar-refractivity contribution is 5.69. The maximum atomic E-state index is 3.77. The average molecular weight is 275 g/mol. The maximum Gasteiger partial charge on any atom is 0.0596 e. The lowest BCUT2D eigenvalue weighted by atomic mass is 10.1. The molecule has 20 heavy (non-hydrogen) atoms. The molecule has 0 radical (unpaired) electrons. The molecule has 1 aliphatic heterocycles. The molecule has 1 unspecified atom stereocenters. The van der Waals surface area contributed by atoms with E-state index in [4.69, 9.17) is 0 Å². The van der Waals surface area contributed by atoms with Gasteiger partial charge in [0, 0.05) is 26.7 Å². The van der Waals surface area contributed by atoms with Crippen molar-refractivity contribution >= 4 is 11.4 Å². The molecule has 112 valence electrons. The summed E-state index contributed by atoms with van der Waals surface area (Å²) in [6.07, 6.45) is 5.10. The zero-order valence-corrected chi connectivity index (χ0v) is 13.2. The molecule has 0 saturated carbocycles. The second kappa shape index (κ2) is 7.53. The van der Waals surface area contributed by atoms with Crippen molar-refractivity contribution < 1.29 is 0 Å². The number of nitrogens with one attached hydrogen (secondary N) is 1. The van der Waals surface area contributed by atoms with Crippen LogP contribution in [0.5, 0.6) is 0 Å². The smallest absolute Gasteiger partial charge is 0.0596 e. The Morgan fingerprint density at radius 2 is 2.00 bits per heavy atom. The van der Waals surface area contributed by atoms with Gasteiger partial charge in [0.2, 0.25) is 0 Å². The summed E-state index contributed by atoms with van der Waals surface area (Å²) >= 11 is 0. The topological polar surface area (TPSA) is 18.5 Å². The lowest BCUT2D eigenvalue weighted by Gasteiger charge is -2.23. The summed E-state index contributed by atoms with van der Waals surface area (Å²) in [5.74, 6) is 0. The van der Waals surface area contributed by atoms with Gasteiger partial charge in [0.05, 0.1) is 11.4 Å². The zero-order chi connectivity index (χ0) is 14.4. The van der Waals surface area contributed by atoms with Gasteiger partial charge in [-0.15, -0.1) is 0 Å². The Morgan fingerprint density at radius 1 is 1.20 bits per heavy atom. The van der Waals surface area contributed by atoms with Crippen LogP contribution in [0.3, 0.4) is 0 Å². The van der Waals surface area contributed by atoms with Crippen molar-refractivity contribution in [2.75, 3.05) is 43.9 Å². The van der Waals surface area contributed by atoms with E-state index in [-0.39, 0.29) is 0 Å². The van der Waals surface area contributed by atoms with Crippen molar-refractivity contribution in [1.82, 2.24) is 4.90 Å². The van der Waals surface area contributed by atoms with Gasteiger partial charge < -0.3 is 15.1 Å². The van der Waals surface area contributed by atoms with Gasteiger partial charge in [-0.1, -0.05) is 19.1 Å². The predicted molar refractivity (Wildman–Crippen MR) is 88.8 cm³/mol. The van der Waals surface area contributed by atoms with Gasteiger partial charge in [-0.3, -0.25) is 0 Å². The Balaban J connectivity index is 1.96. The van der Waals surface area contributed by atoms with Gasteiger partial charge in [0.15, 0.2) is 0 Å². The predicted octanol–water partition coefficient (Wildman–Crippen LogP) is 3.43. The highest BCUT2D eigenvalue weighted by atomic mass is 15.1. The van der Waals surface area contributed by atoms with Gasteiger partial charge in [0.1, 0.15) is 0 Å². The first-order valence-electron chi connectivity index (χ1n) is 7.96. The molecule has 3 heteroatoms. The molecule has 1 aromatic rings. The molecule has 1 N–H and O–H groups in total. The molecule has 1 aromatic carbocycles. The number of rotatable bonds is 5. The van der Waals surface area contributed by atoms with E-state index in [2.05, 4.69) is 60.4 Å². The highest BCUT2D eigenvalue weighted by Gasteiger charge is 2.17. The Morgan fingerprint density at radius 3 is 2.75 bits per heavy atom. The molecule has 1 heterocycles. The van der Waals surface area contributed by atoms with Crippen molar-refractivity contribution in [2.24, 2.45) is 0 Å². The van der Waals surface area contributed by atoms with Crippen LogP contribution in [0, 0.1) is 0 Å². The van der Waals surface area contributed by atoms with Crippen molar-refractivity contribution in [1.29, 1.82) is 0 Å². The zero-order valence-electron chi connectivity index (χ0n) is 13.2. The average Bonchev–Trinajstić information content (AvgIpc) is 2.65. The summed E-state index contributed by atoms with van der Waals surface area (Å²) in [7, 11) is 4.22. The van der Waals surface area contributed by atoms with E-state index >= 15 is 0 Å². The van der Waals surface area contributed by atoms with E-state index in [0.717, 1.165) is 0 Å². The van der Waals surface area contributed by atoms with Gasteiger partial charge >= 0.3 is 0 Å². The number of likely N-dealkylation sites (tertiary alicyclic amines) is 1. The number of hydrogen-bond acceptors (Lipinski definition) is 3. The largest absolute Gasteiger partial charge is 0.381 e. The Labute approximate surface area is 124 Å². The molecular formula is C17H29N3. The van der Waals surface area contributed by atoms with Crippen molar-refractivity contribution in [3.63, 3.8) is 0 Å². The van der Waals surface area contributed by atoms with Gasteiger partial charge in [-0.05, 0) is 50.9 Å². The number of nitrogens with zero attached hydrogens (tertiary/aromatic N) is 2. The number of anilines is 2. The van der Waals surface area contributed by atoms with Crippen molar-refractivity contribution in [3.05, 3.63) is 24.3 Å². The fourth-order valence-electron chi connectivity index (χ4n) is 3.05. The minimum absolute atomic E-state index is 0.609. The van der Waals surface area contributed by atoms with E-state index < -0.39 is 0 Å². The molecule has 0 aromatic heterocycles. The molecule has 2 rings (SSSR count). The van der Waals surface area contributed by atoms with Gasteiger partial charge in [0.25, 0.3) is 0 Å². The summed E-state index contributed by atoms with van der Waals surface area (Å²) < 4.78 is 0. The SMILES string of the molecule is CCCN1CCCC(Nc2ccccc2N(C)C)CC1. The third-order valence-corrected chi connectivity index (χ3v) is 4.11. The normalized spacial score (nSPS) is 20.4. The first-order valence-corrected chi connectivity index (χ1v) is 7.96. The fraction of sp³-hybridized carbons (Fsp3) is 0.647. The third kappa shape index (κ3) is 4.14. The van der Waals surface area contributed by atoms with Crippen molar-refractivity contribution in [2.45, 2.75) is 38.6 Å². The molecule has 0 spiro atoms. The minimum Gasteiger partial charge on any atom is -0.381 e. The number of para-hydroxylation sites is 2.